The smallest absolute Gasteiger partial charge is 0.0963 e. The average Bonchev–Trinajstić information content (AvgIpc) is 2.43. The van der Waals surface area contributed by atoms with Crippen LogP contribution in [0.4, 0.5) is 11.4 Å². The molecule has 1 atom stereocenters. The Labute approximate surface area is 120 Å². The number of nitrogens with one attached hydrogen (secondary N) is 1. The number of aliphatic hydroxyl groups excluding tert-OH is 1. The Balaban J connectivity index is 2.06. The van der Waals surface area contributed by atoms with Crippen molar-refractivity contribution in [1.82, 2.24) is 0 Å². The zero-order chi connectivity index (χ0) is 14.7. The monoisotopic (exact) mass is 270 g/mol. The molecule has 0 aliphatic carbocycles. The highest BCUT2D eigenvalue weighted by Gasteiger charge is 2.09. The lowest BCUT2D eigenvalue weighted by atomic mass is 10.0. The molecule has 4 N–H and O–H groups in total. The summed E-state index contributed by atoms with van der Waals surface area (Å²) >= 11 is 0. The van der Waals surface area contributed by atoms with Crippen LogP contribution >= 0.6 is 0 Å². The van der Waals surface area contributed by atoms with Crippen LogP contribution < -0.4 is 11.1 Å². The number of nitrogen functional groups attached to an aromatic ring is 1. The molecular formula is C17H22N2O. The summed E-state index contributed by atoms with van der Waals surface area (Å²) in [6.45, 7) is 6.58. The maximum Gasteiger partial charge on any atom is 0.0963 e. The van der Waals surface area contributed by atoms with Crippen LogP contribution in [0.25, 0.3) is 0 Å². The predicted molar refractivity (Wildman–Crippen MR) is 85.0 cm³/mol. The van der Waals surface area contributed by atoms with Gasteiger partial charge in [0, 0.05) is 17.9 Å². The van der Waals surface area contributed by atoms with Gasteiger partial charge >= 0.3 is 0 Å². The Morgan fingerprint density at radius 2 is 1.85 bits per heavy atom. The number of rotatable bonds is 4. The third kappa shape index (κ3) is 3.11. The molecule has 2 aromatic rings. The van der Waals surface area contributed by atoms with Gasteiger partial charge in [-0.15, -0.1) is 0 Å². The molecule has 0 aliphatic heterocycles. The molecule has 20 heavy (non-hydrogen) atoms. The van der Waals surface area contributed by atoms with Crippen LogP contribution in [0.5, 0.6) is 0 Å². The Hall–Kier alpha value is -2.00. The first-order chi connectivity index (χ1) is 9.49. The number of aliphatic hydroxyl groups is 1. The SMILES string of the molecule is Cc1ccc(C(O)CNc2cccc(C)c2C)cc1N. The molecule has 0 amide bonds. The first kappa shape index (κ1) is 14.4. The van der Waals surface area contributed by atoms with Gasteiger partial charge in [-0.05, 0) is 55.2 Å². The van der Waals surface area contributed by atoms with E-state index in [4.69, 9.17) is 5.73 Å². The molecule has 3 nitrogen and oxygen atoms in total. The van der Waals surface area contributed by atoms with Gasteiger partial charge in [-0.25, -0.2) is 0 Å². The summed E-state index contributed by atoms with van der Waals surface area (Å²) in [7, 11) is 0. The molecule has 0 fully saturated rings. The van der Waals surface area contributed by atoms with E-state index in [2.05, 4.69) is 25.2 Å². The van der Waals surface area contributed by atoms with Crippen LogP contribution in [0.1, 0.15) is 28.4 Å². The van der Waals surface area contributed by atoms with Crippen LogP contribution in [0.2, 0.25) is 0 Å². The second-order valence-corrected chi connectivity index (χ2v) is 5.26. The van der Waals surface area contributed by atoms with Crippen molar-refractivity contribution in [2.75, 3.05) is 17.6 Å². The topological polar surface area (TPSA) is 58.3 Å². The lowest BCUT2D eigenvalue weighted by Crippen LogP contribution is -2.13. The van der Waals surface area contributed by atoms with Crippen molar-refractivity contribution < 1.29 is 5.11 Å². The molecule has 2 rings (SSSR count). The van der Waals surface area contributed by atoms with Crippen molar-refractivity contribution in [2.45, 2.75) is 26.9 Å². The van der Waals surface area contributed by atoms with Crippen molar-refractivity contribution in [3.8, 4) is 0 Å². The first-order valence-corrected chi connectivity index (χ1v) is 6.83. The van der Waals surface area contributed by atoms with E-state index in [-0.39, 0.29) is 0 Å². The van der Waals surface area contributed by atoms with E-state index in [0.717, 1.165) is 16.8 Å². The van der Waals surface area contributed by atoms with Crippen LogP contribution in [0, 0.1) is 20.8 Å². The van der Waals surface area contributed by atoms with E-state index in [1.165, 1.54) is 11.1 Å². The van der Waals surface area contributed by atoms with Crippen molar-refractivity contribution in [3.05, 3.63) is 58.7 Å². The first-order valence-electron chi connectivity index (χ1n) is 6.83. The van der Waals surface area contributed by atoms with Crippen molar-refractivity contribution in [2.24, 2.45) is 0 Å². The molecule has 0 bridgehead atoms. The molecule has 3 heteroatoms. The number of anilines is 2. The molecule has 106 valence electrons. The van der Waals surface area contributed by atoms with E-state index in [9.17, 15) is 5.11 Å². The summed E-state index contributed by atoms with van der Waals surface area (Å²) in [5, 5.41) is 13.5. The predicted octanol–water partition coefficient (Wildman–Crippen LogP) is 3.34. The van der Waals surface area contributed by atoms with Gasteiger partial charge in [-0.1, -0.05) is 24.3 Å². The van der Waals surface area contributed by atoms with E-state index in [0.29, 0.717) is 12.2 Å². The minimum atomic E-state index is -0.571. The summed E-state index contributed by atoms with van der Waals surface area (Å²) in [5.41, 5.74) is 12.0. The highest BCUT2D eigenvalue weighted by atomic mass is 16.3. The average molecular weight is 270 g/mol. The summed E-state index contributed by atoms with van der Waals surface area (Å²) in [6, 6.07) is 11.8. The number of benzene rings is 2. The zero-order valence-corrected chi connectivity index (χ0v) is 12.3. The second-order valence-electron chi connectivity index (χ2n) is 5.26. The largest absolute Gasteiger partial charge is 0.399 e. The molecule has 1 unspecified atom stereocenters. The highest BCUT2D eigenvalue weighted by molar-refractivity contribution is 5.54. The van der Waals surface area contributed by atoms with Gasteiger partial charge in [0.05, 0.1) is 6.10 Å². The Bertz CT molecular complexity index is 608. The highest BCUT2D eigenvalue weighted by Crippen LogP contribution is 2.22. The van der Waals surface area contributed by atoms with E-state index < -0.39 is 6.10 Å². The number of hydrogen-bond acceptors (Lipinski definition) is 3. The number of hydrogen-bond donors (Lipinski definition) is 3. The standard InChI is InChI=1S/C17H22N2O/c1-11-5-4-6-16(13(11)3)19-10-17(20)14-8-7-12(2)15(18)9-14/h4-9,17,19-20H,10,18H2,1-3H3. The fourth-order valence-electron chi connectivity index (χ4n) is 2.13. The Morgan fingerprint density at radius 1 is 1.10 bits per heavy atom. The molecule has 0 radical (unpaired) electrons. The number of nitrogens with two attached hydrogens (primary N) is 1. The van der Waals surface area contributed by atoms with Gasteiger partial charge in [0.1, 0.15) is 0 Å². The lowest BCUT2D eigenvalue weighted by Gasteiger charge is -2.16. The summed E-state index contributed by atoms with van der Waals surface area (Å²) in [5.74, 6) is 0. The van der Waals surface area contributed by atoms with Crippen molar-refractivity contribution in [3.63, 3.8) is 0 Å². The van der Waals surface area contributed by atoms with E-state index >= 15 is 0 Å². The molecular weight excluding hydrogens is 248 g/mol. The minimum Gasteiger partial charge on any atom is -0.399 e. The van der Waals surface area contributed by atoms with Crippen molar-refractivity contribution in [1.29, 1.82) is 0 Å². The van der Waals surface area contributed by atoms with Gasteiger partial charge < -0.3 is 16.2 Å². The third-order valence-electron chi connectivity index (χ3n) is 3.78. The Morgan fingerprint density at radius 3 is 2.55 bits per heavy atom. The van der Waals surface area contributed by atoms with Crippen molar-refractivity contribution >= 4 is 11.4 Å². The fraction of sp³-hybridized carbons (Fsp3) is 0.294. The minimum absolute atomic E-state index is 0.465. The molecule has 0 saturated carbocycles. The van der Waals surface area contributed by atoms with Crippen LogP contribution in [-0.2, 0) is 0 Å². The maximum atomic E-state index is 10.2. The van der Waals surface area contributed by atoms with Gasteiger partial charge in [-0.2, -0.15) is 0 Å². The fourth-order valence-corrected chi connectivity index (χ4v) is 2.13. The van der Waals surface area contributed by atoms with Gasteiger partial charge in [0.2, 0.25) is 0 Å². The van der Waals surface area contributed by atoms with E-state index in [1.807, 2.05) is 37.3 Å². The Kier molecular flexibility index (Phi) is 4.30. The maximum absolute atomic E-state index is 10.2. The zero-order valence-electron chi connectivity index (χ0n) is 12.3. The molecule has 0 aliphatic rings. The summed E-state index contributed by atoms with van der Waals surface area (Å²) in [6.07, 6.45) is -0.571. The van der Waals surface area contributed by atoms with E-state index in [1.54, 1.807) is 0 Å². The third-order valence-corrected chi connectivity index (χ3v) is 3.78. The van der Waals surface area contributed by atoms with Crippen LogP contribution in [-0.4, -0.2) is 11.7 Å². The molecule has 2 aromatic carbocycles. The molecule has 0 spiro atoms. The molecule has 0 heterocycles. The molecule has 0 aromatic heterocycles. The van der Waals surface area contributed by atoms with Gasteiger partial charge in [0.15, 0.2) is 0 Å². The molecule has 0 saturated heterocycles. The number of aryl methyl sites for hydroxylation is 2. The van der Waals surface area contributed by atoms with Crippen LogP contribution in [0.15, 0.2) is 36.4 Å². The summed E-state index contributed by atoms with van der Waals surface area (Å²) < 4.78 is 0. The summed E-state index contributed by atoms with van der Waals surface area (Å²) in [4.78, 5) is 0. The normalized spacial score (nSPS) is 12.2. The second kappa shape index (κ2) is 5.97. The van der Waals surface area contributed by atoms with Crippen LogP contribution in [0.3, 0.4) is 0 Å². The lowest BCUT2D eigenvalue weighted by molar-refractivity contribution is 0.191. The quantitative estimate of drug-likeness (QED) is 0.747. The van der Waals surface area contributed by atoms with Gasteiger partial charge in [0.25, 0.3) is 0 Å². The van der Waals surface area contributed by atoms with Gasteiger partial charge in [-0.3, -0.25) is 0 Å².